The van der Waals surface area contributed by atoms with Crippen molar-refractivity contribution in [3.8, 4) is 0 Å². The second kappa shape index (κ2) is 39.8. The highest BCUT2D eigenvalue weighted by Gasteiger charge is 2.27. The van der Waals surface area contributed by atoms with Crippen LogP contribution >= 0.6 is 7.82 Å². The van der Waals surface area contributed by atoms with E-state index in [1.807, 2.05) is 57.6 Å². The molecule has 0 radical (unpaired) electrons. The molecular weight excluding hydrogens is 762 g/mol. The Kier molecular flexibility index (Phi) is 37.4. The van der Waals surface area contributed by atoms with Crippen LogP contribution in [-0.2, 0) is 32.7 Å². The molecule has 0 fully saturated rings. The van der Waals surface area contributed by atoms with Crippen LogP contribution in [0.1, 0.15) is 123 Å². The van der Waals surface area contributed by atoms with Gasteiger partial charge in [-0.3, -0.25) is 18.6 Å². The molecule has 332 valence electrons. The molecule has 0 aromatic heterocycles. The summed E-state index contributed by atoms with van der Waals surface area (Å²) in [6, 6.07) is 0. The summed E-state index contributed by atoms with van der Waals surface area (Å²) in [5, 5.41) is 0. The van der Waals surface area contributed by atoms with Gasteiger partial charge in [0.15, 0.2) is 6.10 Å². The van der Waals surface area contributed by atoms with Crippen LogP contribution in [0.15, 0.2) is 122 Å². The number of allylic oxidation sites excluding steroid dienone is 20. The lowest BCUT2D eigenvalue weighted by Crippen LogP contribution is -2.37. The molecule has 2 atom stereocenters. The van der Waals surface area contributed by atoms with Crippen molar-refractivity contribution in [1.29, 1.82) is 0 Å². The minimum Gasteiger partial charge on any atom is -0.462 e. The fourth-order valence-electron chi connectivity index (χ4n) is 4.97. The Morgan fingerprint density at radius 1 is 0.542 bits per heavy atom. The Hall–Kier alpha value is -3.59. The maximum absolute atomic E-state index is 12.7. The van der Waals surface area contributed by atoms with E-state index in [-0.39, 0.29) is 26.1 Å². The van der Waals surface area contributed by atoms with E-state index < -0.39 is 32.5 Å². The zero-order valence-corrected chi connectivity index (χ0v) is 38.1. The number of esters is 2. The summed E-state index contributed by atoms with van der Waals surface area (Å²) >= 11 is 0. The molecule has 2 unspecified atom stereocenters. The van der Waals surface area contributed by atoms with Crippen molar-refractivity contribution in [2.45, 2.75) is 129 Å². The summed E-state index contributed by atoms with van der Waals surface area (Å²) in [5.41, 5.74) is 0. The van der Waals surface area contributed by atoms with Crippen LogP contribution in [0.2, 0.25) is 0 Å². The van der Waals surface area contributed by atoms with Gasteiger partial charge in [-0.15, -0.1) is 0 Å². The van der Waals surface area contributed by atoms with Crippen molar-refractivity contribution in [1.82, 2.24) is 0 Å². The number of hydrogen-bond donors (Lipinski definition) is 1. The molecule has 0 heterocycles. The van der Waals surface area contributed by atoms with E-state index in [9.17, 15) is 19.0 Å². The lowest BCUT2D eigenvalue weighted by atomic mass is 10.1. The predicted octanol–water partition coefficient (Wildman–Crippen LogP) is 12.5. The topological polar surface area (TPSA) is 108 Å². The Balaban J connectivity index is 4.48. The van der Waals surface area contributed by atoms with Gasteiger partial charge in [-0.05, 0) is 83.5 Å². The third-order valence-electron chi connectivity index (χ3n) is 8.33. The van der Waals surface area contributed by atoms with Crippen LogP contribution in [0, 0.1) is 0 Å². The highest BCUT2D eigenvalue weighted by atomic mass is 31.2. The number of rotatable bonds is 37. The van der Waals surface area contributed by atoms with Gasteiger partial charge in [0.2, 0.25) is 0 Å². The standard InChI is InChI=1S/C49H78NO8P/c1-6-8-10-12-14-16-18-20-21-22-23-24-25-26-27-28-30-31-33-35-37-39-41-48(51)55-45-47(46-57-59(53,54)56-44-43-50(3,4)5)58-49(52)42-40-38-36-34-32-29-19-17-15-13-11-9-7-2/h8-11,13-17,19-21,23-24,26-27,29-32,47H,6-7,12,18,22,25,28,33-46H2,1-5H3/p+1/b10-8+,11-9+,15-13+,16-14+,19-17+,21-20+,24-23+,27-26+,31-30+,32-29+. The number of likely N-dealkylation sites (N-methyl/N-ethyl adjacent to an activating group) is 1. The summed E-state index contributed by atoms with van der Waals surface area (Å²) in [4.78, 5) is 35.3. The molecule has 10 heteroatoms. The van der Waals surface area contributed by atoms with E-state index in [1.54, 1.807) is 0 Å². The van der Waals surface area contributed by atoms with Crippen molar-refractivity contribution in [3.05, 3.63) is 122 Å². The number of carbonyl (C=O) groups excluding carboxylic acids is 2. The third-order valence-corrected chi connectivity index (χ3v) is 9.32. The normalized spacial score (nSPS) is 14.7. The van der Waals surface area contributed by atoms with Gasteiger partial charge in [-0.25, -0.2) is 4.57 Å². The van der Waals surface area contributed by atoms with Crippen molar-refractivity contribution in [2.75, 3.05) is 47.5 Å². The SMILES string of the molecule is CC/C=C/C=C/C=C/C=C/CCCCCC(=O)OC(COC(=O)CCCCC/C=C/C/C=C/C/C=C/C/C=C/C/C=C/C/C=C/CC)COP(=O)(O)OCC[N+](C)(C)C. The number of ether oxygens (including phenoxy) is 2. The smallest absolute Gasteiger partial charge is 0.462 e. The summed E-state index contributed by atoms with van der Waals surface area (Å²) in [7, 11) is 1.40. The van der Waals surface area contributed by atoms with E-state index >= 15 is 0 Å². The third kappa shape index (κ3) is 43.8. The number of carbonyl (C=O) groups is 2. The largest absolute Gasteiger partial charge is 0.472 e. The number of hydrogen-bond acceptors (Lipinski definition) is 7. The first-order valence-corrected chi connectivity index (χ1v) is 23.3. The zero-order chi connectivity index (χ0) is 43.6. The molecule has 0 amide bonds. The van der Waals surface area contributed by atoms with Crippen LogP contribution in [0.4, 0.5) is 0 Å². The van der Waals surface area contributed by atoms with Gasteiger partial charge < -0.3 is 18.9 Å². The van der Waals surface area contributed by atoms with Crippen LogP contribution in [-0.4, -0.2) is 74.9 Å². The molecule has 0 aromatic carbocycles. The average Bonchev–Trinajstić information content (AvgIpc) is 3.19. The van der Waals surface area contributed by atoms with Gasteiger partial charge in [0.25, 0.3) is 0 Å². The van der Waals surface area contributed by atoms with Crippen LogP contribution in [0.5, 0.6) is 0 Å². The summed E-state index contributed by atoms with van der Waals surface area (Å²) in [6.07, 6.45) is 55.4. The van der Waals surface area contributed by atoms with E-state index in [2.05, 4.69) is 98.9 Å². The number of unbranched alkanes of at least 4 members (excludes halogenated alkanes) is 6. The van der Waals surface area contributed by atoms with Gasteiger partial charge in [0.05, 0.1) is 27.7 Å². The molecular formula is C49H79NO8P+. The van der Waals surface area contributed by atoms with Gasteiger partial charge in [0, 0.05) is 12.8 Å². The first kappa shape index (κ1) is 55.4. The molecule has 1 N–H and O–H groups in total. The molecule has 0 bridgehead atoms. The Morgan fingerprint density at radius 2 is 1.00 bits per heavy atom. The van der Waals surface area contributed by atoms with E-state index in [4.69, 9.17) is 18.5 Å². The fourth-order valence-corrected chi connectivity index (χ4v) is 5.71. The van der Waals surface area contributed by atoms with Crippen LogP contribution < -0.4 is 0 Å². The molecule has 0 aliphatic heterocycles. The number of nitrogens with zero attached hydrogens (tertiary/aromatic N) is 1. The quantitative estimate of drug-likeness (QED) is 0.0165. The summed E-state index contributed by atoms with van der Waals surface area (Å²) in [6.45, 7) is 4.03. The first-order chi connectivity index (χ1) is 28.5. The lowest BCUT2D eigenvalue weighted by Gasteiger charge is -2.24. The number of phosphoric ester groups is 1. The summed E-state index contributed by atoms with van der Waals surface area (Å²) in [5.74, 6) is -0.899. The molecule has 0 saturated carbocycles. The second-order valence-electron chi connectivity index (χ2n) is 15.1. The molecule has 0 saturated heterocycles. The van der Waals surface area contributed by atoms with Crippen molar-refractivity contribution in [2.24, 2.45) is 0 Å². The predicted molar refractivity (Wildman–Crippen MR) is 247 cm³/mol. The molecule has 0 rings (SSSR count). The van der Waals surface area contributed by atoms with Crippen molar-refractivity contribution < 1.29 is 42.1 Å². The Labute approximate surface area is 358 Å². The minimum absolute atomic E-state index is 0.00990. The van der Waals surface area contributed by atoms with E-state index in [1.165, 1.54) is 0 Å². The molecule has 0 aromatic rings. The zero-order valence-electron chi connectivity index (χ0n) is 37.2. The van der Waals surface area contributed by atoms with Crippen molar-refractivity contribution in [3.63, 3.8) is 0 Å². The molecule has 9 nitrogen and oxygen atoms in total. The Morgan fingerprint density at radius 3 is 1.53 bits per heavy atom. The highest BCUT2D eigenvalue weighted by molar-refractivity contribution is 7.47. The number of phosphoric acid groups is 1. The maximum Gasteiger partial charge on any atom is 0.472 e. The monoisotopic (exact) mass is 841 g/mol. The van der Waals surface area contributed by atoms with E-state index in [0.29, 0.717) is 23.9 Å². The van der Waals surface area contributed by atoms with E-state index in [0.717, 1.165) is 83.5 Å². The van der Waals surface area contributed by atoms with Crippen LogP contribution in [0.3, 0.4) is 0 Å². The maximum atomic E-state index is 12.7. The molecule has 59 heavy (non-hydrogen) atoms. The summed E-state index contributed by atoms with van der Waals surface area (Å²) < 4.78 is 34.2. The van der Waals surface area contributed by atoms with Gasteiger partial charge in [-0.1, -0.05) is 148 Å². The van der Waals surface area contributed by atoms with Crippen LogP contribution in [0.25, 0.3) is 0 Å². The molecule has 0 spiro atoms. The van der Waals surface area contributed by atoms with Gasteiger partial charge in [-0.2, -0.15) is 0 Å². The molecule has 0 aliphatic carbocycles. The number of quaternary nitrogens is 1. The van der Waals surface area contributed by atoms with Gasteiger partial charge >= 0.3 is 19.8 Å². The first-order valence-electron chi connectivity index (χ1n) is 21.8. The molecule has 0 aliphatic rings. The van der Waals surface area contributed by atoms with Gasteiger partial charge in [0.1, 0.15) is 19.8 Å². The van der Waals surface area contributed by atoms with Crippen molar-refractivity contribution >= 4 is 19.8 Å². The second-order valence-corrected chi connectivity index (χ2v) is 16.5. The Bertz CT molecular complexity index is 1410. The lowest BCUT2D eigenvalue weighted by molar-refractivity contribution is -0.870. The fraction of sp³-hybridized carbons (Fsp3) is 0.551. The average molecular weight is 841 g/mol. The highest BCUT2D eigenvalue weighted by Crippen LogP contribution is 2.43. The minimum atomic E-state index is -4.40.